The lowest BCUT2D eigenvalue weighted by atomic mass is 10.2. The number of halogens is 1. The Morgan fingerprint density at radius 3 is 2.79 bits per heavy atom. The van der Waals surface area contributed by atoms with Crippen molar-refractivity contribution in [1.82, 2.24) is 4.98 Å². The lowest BCUT2D eigenvalue weighted by Gasteiger charge is -2.20. The number of pyridine rings is 1. The Bertz CT molecular complexity index is 361. The van der Waals surface area contributed by atoms with Crippen LogP contribution in [0.2, 0.25) is 0 Å². The first kappa shape index (κ1) is 9.77. The van der Waals surface area contributed by atoms with E-state index in [0.717, 1.165) is 21.5 Å². The third-order valence-electron chi connectivity index (χ3n) is 2.71. The second-order valence-electron chi connectivity index (χ2n) is 3.82. The Labute approximate surface area is 92.4 Å². The van der Waals surface area contributed by atoms with Crippen molar-refractivity contribution in [3.63, 3.8) is 0 Å². The molecule has 1 saturated carbocycles. The Balaban J connectivity index is 2.38. The fraction of sp³-hybridized carbons (Fsp3) is 0.500. The average Bonchev–Trinajstić information content (AvgIpc) is 2.97. The predicted octanol–water partition coefficient (Wildman–Crippen LogP) is 2.33. The maximum atomic E-state index is 5.77. The van der Waals surface area contributed by atoms with E-state index in [1.165, 1.54) is 12.8 Å². The number of anilines is 2. The molecule has 1 aromatic rings. The third kappa shape index (κ3) is 1.59. The molecular formula is C10H14BrN3. The van der Waals surface area contributed by atoms with Crippen molar-refractivity contribution in [2.24, 2.45) is 0 Å². The average molecular weight is 256 g/mol. The fourth-order valence-corrected chi connectivity index (χ4v) is 2.07. The van der Waals surface area contributed by atoms with Crippen LogP contribution in [0.4, 0.5) is 11.5 Å². The second kappa shape index (κ2) is 3.42. The van der Waals surface area contributed by atoms with Crippen LogP contribution in [0.15, 0.2) is 10.7 Å². The Morgan fingerprint density at radius 2 is 2.21 bits per heavy atom. The molecular weight excluding hydrogens is 242 g/mol. The molecule has 2 rings (SSSR count). The van der Waals surface area contributed by atoms with Gasteiger partial charge in [-0.25, -0.2) is 4.98 Å². The van der Waals surface area contributed by atoms with Gasteiger partial charge in [0.25, 0.3) is 0 Å². The van der Waals surface area contributed by atoms with Crippen LogP contribution >= 0.6 is 15.9 Å². The Kier molecular flexibility index (Phi) is 2.39. The van der Waals surface area contributed by atoms with Gasteiger partial charge in [0.2, 0.25) is 0 Å². The molecule has 2 N–H and O–H groups in total. The molecule has 1 aliphatic rings. The number of nitrogen functional groups attached to an aromatic ring is 1. The van der Waals surface area contributed by atoms with Gasteiger partial charge in [-0.3, -0.25) is 0 Å². The molecule has 0 radical (unpaired) electrons. The van der Waals surface area contributed by atoms with Gasteiger partial charge in [-0.2, -0.15) is 0 Å². The molecule has 0 bridgehead atoms. The van der Waals surface area contributed by atoms with E-state index in [1.54, 1.807) is 6.20 Å². The molecule has 3 nitrogen and oxygen atoms in total. The number of nitrogens with two attached hydrogens (primary N) is 1. The summed E-state index contributed by atoms with van der Waals surface area (Å²) in [5.41, 5.74) is 7.58. The highest BCUT2D eigenvalue weighted by Gasteiger charge is 2.28. The highest BCUT2D eigenvalue weighted by atomic mass is 79.9. The van der Waals surface area contributed by atoms with Gasteiger partial charge in [0.1, 0.15) is 5.82 Å². The van der Waals surface area contributed by atoms with Crippen molar-refractivity contribution < 1.29 is 0 Å². The van der Waals surface area contributed by atoms with E-state index in [4.69, 9.17) is 5.73 Å². The zero-order valence-electron chi connectivity index (χ0n) is 8.42. The molecule has 0 unspecified atom stereocenters. The summed E-state index contributed by atoms with van der Waals surface area (Å²) in [6, 6.07) is 0.668. The molecule has 0 aliphatic heterocycles. The lowest BCUT2D eigenvalue weighted by molar-refractivity contribution is 0.887. The first-order valence-corrected chi connectivity index (χ1v) is 5.54. The number of nitrogens with zero attached hydrogens (tertiary/aromatic N) is 2. The first-order chi connectivity index (χ1) is 6.61. The molecule has 1 aromatic heterocycles. The van der Waals surface area contributed by atoms with Crippen molar-refractivity contribution in [1.29, 1.82) is 0 Å². The molecule has 1 heterocycles. The molecule has 1 fully saturated rings. The maximum Gasteiger partial charge on any atom is 0.143 e. The van der Waals surface area contributed by atoms with Crippen LogP contribution in [-0.4, -0.2) is 18.1 Å². The number of hydrogen-bond donors (Lipinski definition) is 1. The van der Waals surface area contributed by atoms with Gasteiger partial charge in [-0.15, -0.1) is 0 Å². The molecule has 0 aromatic carbocycles. The molecule has 14 heavy (non-hydrogen) atoms. The van der Waals surface area contributed by atoms with Crippen molar-refractivity contribution in [3.05, 3.63) is 16.2 Å². The summed E-state index contributed by atoms with van der Waals surface area (Å²) in [5.74, 6) is 0.999. The van der Waals surface area contributed by atoms with Crippen LogP contribution in [0.25, 0.3) is 0 Å². The quantitative estimate of drug-likeness (QED) is 0.883. The smallest absolute Gasteiger partial charge is 0.143 e. The predicted molar refractivity (Wildman–Crippen MR) is 62.5 cm³/mol. The molecule has 0 saturated heterocycles. The molecule has 4 heteroatoms. The monoisotopic (exact) mass is 255 g/mol. The van der Waals surface area contributed by atoms with E-state index in [9.17, 15) is 0 Å². The van der Waals surface area contributed by atoms with Crippen LogP contribution in [0.1, 0.15) is 18.4 Å². The lowest BCUT2D eigenvalue weighted by Crippen LogP contribution is -2.21. The van der Waals surface area contributed by atoms with Gasteiger partial charge < -0.3 is 10.6 Å². The van der Waals surface area contributed by atoms with Crippen molar-refractivity contribution in [3.8, 4) is 0 Å². The van der Waals surface area contributed by atoms with E-state index in [-0.39, 0.29) is 0 Å². The highest BCUT2D eigenvalue weighted by molar-refractivity contribution is 9.10. The van der Waals surface area contributed by atoms with Crippen molar-refractivity contribution >= 4 is 27.4 Å². The highest BCUT2D eigenvalue weighted by Crippen LogP contribution is 2.35. The van der Waals surface area contributed by atoms with Crippen LogP contribution in [0, 0.1) is 6.92 Å². The molecule has 0 atom stereocenters. The maximum absolute atomic E-state index is 5.77. The van der Waals surface area contributed by atoms with E-state index < -0.39 is 0 Å². The summed E-state index contributed by atoms with van der Waals surface area (Å²) in [5, 5.41) is 0. The van der Waals surface area contributed by atoms with Crippen LogP contribution < -0.4 is 10.6 Å². The molecule has 0 spiro atoms. The summed E-state index contributed by atoms with van der Waals surface area (Å²) in [6.07, 6.45) is 4.27. The zero-order chi connectivity index (χ0) is 10.3. The molecule has 0 amide bonds. The molecule has 76 valence electrons. The van der Waals surface area contributed by atoms with Gasteiger partial charge in [-0.1, -0.05) is 0 Å². The summed E-state index contributed by atoms with van der Waals surface area (Å²) in [7, 11) is 2.08. The van der Waals surface area contributed by atoms with Gasteiger partial charge in [0.15, 0.2) is 0 Å². The topological polar surface area (TPSA) is 42.1 Å². The van der Waals surface area contributed by atoms with E-state index >= 15 is 0 Å². The summed E-state index contributed by atoms with van der Waals surface area (Å²) in [4.78, 5) is 6.57. The largest absolute Gasteiger partial charge is 0.397 e. The fourth-order valence-electron chi connectivity index (χ4n) is 1.46. The summed E-state index contributed by atoms with van der Waals surface area (Å²) < 4.78 is 1.02. The summed E-state index contributed by atoms with van der Waals surface area (Å²) >= 11 is 3.54. The number of hydrogen-bond acceptors (Lipinski definition) is 3. The van der Waals surface area contributed by atoms with Gasteiger partial charge in [0.05, 0.1) is 16.4 Å². The zero-order valence-corrected chi connectivity index (χ0v) is 10.0. The van der Waals surface area contributed by atoms with Gasteiger partial charge >= 0.3 is 0 Å². The van der Waals surface area contributed by atoms with Crippen molar-refractivity contribution in [2.45, 2.75) is 25.8 Å². The van der Waals surface area contributed by atoms with Crippen LogP contribution in [0.5, 0.6) is 0 Å². The minimum absolute atomic E-state index is 0.668. The van der Waals surface area contributed by atoms with Crippen LogP contribution in [0.3, 0.4) is 0 Å². The molecule has 1 aliphatic carbocycles. The van der Waals surface area contributed by atoms with Crippen LogP contribution in [-0.2, 0) is 0 Å². The SMILES string of the molecule is Cc1c(N)cnc(N(C)C2CC2)c1Br. The van der Waals surface area contributed by atoms with Gasteiger partial charge in [0, 0.05) is 13.1 Å². The van der Waals surface area contributed by atoms with E-state index in [0.29, 0.717) is 6.04 Å². The number of rotatable bonds is 2. The Hall–Kier alpha value is -0.770. The minimum Gasteiger partial charge on any atom is -0.397 e. The first-order valence-electron chi connectivity index (χ1n) is 4.74. The van der Waals surface area contributed by atoms with Gasteiger partial charge in [-0.05, 0) is 41.3 Å². The third-order valence-corrected chi connectivity index (χ3v) is 3.66. The number of aromatic nitrogens is 1. The standard InChI is InChI=1S/C10H14BrN3/c1-6-8(12)5-13-10(9(6)11)14(2)7-3-4-7/h5,7H,3-4,12H2,1-2H3. The second-order valence-corrected chi connectivity index (χ2v) is 4.61. The normalized spacial score (nSPS) is 15.6. The van der Waals surface area contributed by atoms with Crippen molar-refractivity contribution in [2.75, 3.05) is 17.7 Å². The minimum atomic E-state index is 0.668. The summed E-state index contributed by atoms with van der Waals surface area (Å²) in [6.45, 7) is 2.01. The Morgan fingerprint density at radius 1 is 1.57 bits per heavy atom. The van der Waals surface area contributed by atoms with E-state index in [2.05, 4.69) is 32.9 Å². The van der Waals surface area contributed by atoms with E-state index in [1.807, 2.05) is 6.92 Å².